The van der Waals surface area contributed by atoms with Crippen LogP contribution in [0.1, 0.15) is 11.1 Å². The minimum Gasteiger partial charge on any atom is -0.325 e. The van der Waals surface area contributed by atoms with Crippen LogP contribution >= 0.6 is 11.6 Å². The SMILES string of the molecule is Cc1ccc(NC(=O)CNCc2cccnc2)cc1Cl. The summed E-state index contributed by atoms with van der Waals surface area (Å²) in [5, 5.41) is 6.50. The van der Waals surface area contributed by atoms with Crippen LogP contribution in [0.3, 0.4) is 0 Å². The molecule has 1 aromatic heterocycles. The number of nitrogens with one attached hydrogen (secondary N) is 2. The van der Waals surface area contributed by atoms with Crippen molar-refractivity contribution in [1.82, 2.24) is 10.3 Å². The van der Waals surface area contributed by atoms with E-state index in [1.165, 1.54) is 0 Å². The second-order valence-corrected chi connectivity index (χ2v) is 4.88. The normalized spacial score (nSPS) is 10.3. The van der Waals surface area contributed by atoms with Gasteiger partial charge in [-0.2, -0.15) is 0 Å². The minimum atomic E-state index is -0.103. The van der Waals surface area contributed by atoms with Crippen LogP contribution in [0.15, 0.2) is 42.7 Å². The first kappa shape index (κ1) is 14.5. The Labute approximate surface area is 123 Å². The van der Waals surface area contributed by atoms with E-state index in [4.69, 9.17) is 11.6 Å². The van der Waals surface area contributed by atoms with Gasteiger partial charge in [0.15, 0.2) is 0 Å². The number of carbonyl (C=O) groups is 1. The Balaban J connectivity index is 1.79. The number of amides is 1. The number of hydrogen-bond donors (Lipinski definition) is 2. The van der Waals surface area contributed by atoms with E-state index < -0.39 is 0 Å². The van der Waals surface area contributed by atoms with E-state index in [1.807, 2.05) is 31.2 Å². The lowest BCUT2D eigenvalue weighted by Crippen LogP contribution is -2.27. The van der Waals surface area contributed by atoms with Crippen molar-refractivity contribution < 1.29 is 4.79 Å². The first-order valence-electron chi connectivity index (χ1n) is 6.31. The topological polar surface area (TPSA) is 54.0 Å². The Morgan fingerprint density at radius 2 is 2.20 bits per heavy atom. The molecule has 4 nitrogen and oxygen atoms in total. The summed E-state index contributed by atoms with van der Waals surface area (Å²) in [5.41, 5.74) is 2.73. The van der Waals surface area contributed by atoms with Crippen LogP contribution in [0.4, 0.5) is 5.69 Å². The van der Waals surface area contributed by atoms with Crippen molar-refractivity contribution in [2.75, 3.05) is 11.9 Å². The number of halogens is 1. The number of aryl methyl sites for hydroxylation is 1. The van der Waals surface area contributed by atoms with Gasteiger partial charge in [0.2, 0.25) is 5.91 Å². The van der Waals surface area contributed by atoms with Crippen molar-refractivity contribution in [3.8, 4) is 0 Å². The van der Waals surface area contributed by atoms with Crippen LogP contribution in [0.2, 0.25) is 5.02 Å². The fourth-order valence-electron chi connectivity index (χ4n) is 1.70. The molecule has 2 aromatic rings. The number of nitrogens with zero attached hydrogens (tertiary/aromatic N) is 1. The molecular formula is C15H16ClN3O. The lowest BCUT2D eigenvalue weighted by atomic mass is 10.2. The average molecular weight is 290 g/mol. The average Bonchev–Trinajstić information content (AvgIpc) is 2.44. The van der Waals surface area contributed by atoms with E-state index >= 15 is 0 Å². The van der Waals surface area contributed by atoms with Gasteiger partial charge in [-0.3, -0.25) is 9.78 Å². The van der Waals surface area contributed by atoms with Crippen LogP contribution < -0.4 is 10.6 Å². The van der Waals surface area contributed by atoms with Gasteiger partial charge >= 0.3 is 0 Å². The molecule has 2 N–H and O–H groups in total. The van der Waals surface area contributed by atoms with Crippen molar-refractivity contribution in [1.29, 1.82) is 0 Å². The highest BCUT2D eigenvalue weighted by Gasteiger charge is 2.03. The summed E-state index contributed by atoms with van der Waals surface area (Å²) in [6.45, 7) is 2.76. The molecule has 0 aliphatic rings. The van der Waals surface area contributed by atoms with E-state index in [2.05, 4.69) is 15.6 Å². The number of hydrogen-bond acceptors (Lipinski definition) is 3. The number of aromatic nitrogens is 1. The van der Waals surface area contributed by atoms with Crippen LogP contribution in [-0.4, -0.2) is 17.4 Å². The van der Waals surface area contributed by atoms with Gasteiger partial charge in [-0.25, -0.2) is 0 Å². The molecule has 0 fully saturated rings. The summed E-state index contributed by atoms with van der Waals surface area (Å²) in [6, 6.07) is 9.28. The second-order valence-electron chi connectivity index (χ2n) is 4.48. The first-order chi connectivity index (χ1) is 9.65. The number of pyridine rings is 1. The Morgan fingerprint density at radius 3 is 2.90 bits per heavy atom. The van der Waals surface area contributed by atoms with E-state index in [1.54, 1.807) is 18.5 Å². The van der Waals surface area contributed by atoms with Crippen LogP contribution in [0.25, 0.3) is 0 Å². The molecular weight excluding hydrogens is 274 g/mol. The maximum absolute atomic E-state index is 11.8. The number of benzene rings is 1. The summed E-state index contributed by atoms with van der Waals surface area (Å²) in [5.74, 6) is -0.103. The predicted molar refractivity (Wildman–Crippen MR) is 80.8 cm³/mol. The van der Waals surface area contributed by atoms with Crippen molar-refractivity contribution in [3.05, 3.63) is 58.9 Å². The minimum absolute atomic E-state index is 0.103. The van der Waals surface area contributed by atoms with Gasteiger partial charge in [-0.1, -0.05) is 23.7 Å². The molecule has 0 radical (unpaired) electrons. The van der Waals surface area contributed by atoms with Gasteiger partial charge < -0.3 is 10.6 Å². The second kappa shape index (κ2) is 7.03. The van der Waals surface area contributed by atoms with E-state index in [-0.39, 0.29) is 12.5 Å². The van der Waals surface area contributed by atoms with Crippen molar-refractivity contribution >= 4 is 23.2 Å². The van der Waals surface area contributed by atoms with Crippen molar-refractivity contribution in [3.63, 3.8) is 0 Å². The molecule has 0 aliphatic carbocycles. The molecule has 0 bridgehead atoms. The maximum atomic E-state index is 11.8. The van der Waals surface area contributed by atoms with Gasteiger partial charge in [-0.05, 0) is 36.2 Å². The number of anilines is 1. The zero-order chi connectivity index (χ0) is 14.4. The molecule has 1 heterocycles. The summed E-state index contributed by atoms with van der Waals surface area (Å²) >= 11 is 6.01. The third-order valence-corrected chi connectivity index (χ3v) is 3.20. The molecule has 0 saturated heterocycles. The fraction of sp³-hybridized carbons (Fsp3) is 0.200. The molecule has 0 saturated carbocycles. The Morgan fingerprint density at radius 1 is 1.35 bits per heavy atom. The zero-order valence-corrected chi connectivity index (χ0v) is 11.9. The third-order valence-electron chi connectivity index (χ3n) is 2.79. The Hall–Kier alpha value is -1.91. The monoisotopic (exact) mass is 289 g/mol. The lowest BCUT2D eigenvalue weighted by molar-refractivity contribution is -0.115. The quantitative estimate of drug-likeness (QED) is 0.890. The molecule has 1 aromatic carbocycles. The highest BCUT2D eigenvalue weighted by atomic mass is 35.5. The summed E-state index contributed by atoms with van der Waals surface area (Å²) < 4.78 is 0. The number of carbonyl (C=O) groups excluding carboxylic acids is 1. The summed E-state index contributed by atoms with van der Waals surface area (Å²) in [7, 11) is 0. The predicted octanol–water partition coefficient (Wildman–Crippen LogP) is 2.77. The fourth-order valence-corrected chi connectivity index (χ4v) is 1.88. The molecule has 0 unspecified atom stereocenters. The molecule has 2 rings (SSSR count). The van der Waals surface area contributed by atoms with E-state index in [9.17, 15) is 4.79 Å². The highest BCUT2D eigenvalue weighted by Crippen LogP contribution is 2.19. The van der Waals surface area contributed by atoms with Crippen LogP contribution in [-0.2, 0) is 11.3 Å². The standard InChI is InChI=1S/C15H16ClN3O/c1-11-4-5-13(7-14(11)16)19-15(20)10-18-9-12-3-2-6-17-8-12/h2-8,18H,9-10H2,1H3,(H,19,20). The highest BCUT2D eigenvalue weighted by molar-refractivity contribution is 6.31. The summed E-state index contributed by atoms with van der Waals surface area (Å²) in [4.78, 5) is 15.8. The summed E-state index contributed by atoms with van der Waals surface area (Å²) in [6.07, 6.45) is 3.49. The molecule has 1 amide bonds. The van der Waals surface area contributed by atoms with Gasteiger partial charge in [0, 0.05) is 29.6 Å². The Kier molecular flexibility index (Phi) is 5.09. The smallest absolute Gasteiger partial charge is 0.238 e. The zero-order valence-electron chi connectivity index (χ0n) is 11.2. The molecule has 20 heavy (non-hydrogen) atoms. The third kappa shape index (κ3) is 4.33. The van der Waals surface area contributed by atoms with E-state index in [0.717, 1.165) is 11.1 Å². The van der Waals surface area contributed by atoms with Crippen molar-refractivity contribution in [2.45, 2.75) is 13.5 Å². The van der Waals surface area contributed by atoms with Crippen LogP contribution in [0.5, 0.6) is 0 Å². The molecule has 0 atom stereocenters. The maximum Gasteiger partial charge on any atom is 0.238 e. The molecule has 104 valence electrons. The first-order valence-corrected chi connectivity index (χ1v) is 6.68. The largest absolute Gasteiger partial charge is 0.325 e. The Bertz CT molecular complexity index is 587. The number of rotatable bonds is 5. The van der Waals surface area contributed by atoms with Gasteiger partial charge in [0.25, 0.3) is 0 Å². The van der Waals surface area contributed by atoms with Crippen molar-refractivity contribution in [2.24, 2.45) is 0 Å². The molecule has 0 spiro atoms. The van der Waals surface area contributed by atoms with E-state index in [0.29, 0.717) is 17.3 Å². The molecule has 5 heteroatoms. The molecule has 0 aliphatic heterocycles. The van der Waals surface area contributed by atoms with Gasteiger partial charge in [0.05, 0.1) is 6.54 Å². The van der Waals surface area contributed by atoms with Gasteiger partial charge in [0.1, 0.15) is 0 Å². The van der Waals surface area contributed by atoms with Crippen LogP contribution in [0, 0.1) is 6.92 Å². The van der Waals surface area contributed by atoms with Gasteiger partial charge in [-0.15, -0.1) is 0 Å². The lowest BCUT2D eigenvalue weighted by Gasteiger charge is -2.08.